The quantitative estimate of drug-likeness (QED) is 0.480. The maximum atomic E-state index is 12.2. The number of anilines is 1. The molecule has 0 spiro atoms. The first-order valence-electron chi connectivity index (χ1n) is 8.94. The number of benzene rings is 1. The highest BCUT2D eigenvalue weighted by Gasteiger charge is 2.12. The maximum Gasteiger partial charge on any atom is 0.335 e. The van der Waals surface area contributed by atoms with Crippen molar-refractivity contribution in [2.75, 3.05) is 5.32 Å². The Morgan fingerprint density at radius 2 is 1.87 bits per heavy atom. The minimum Gasteiger partial charge on any atom is -0.430 e. The Labute approximate surface area is 173 Å². The lowest BCUT2D eigenvalue weighted by atomic mass is 10.1. The van der Waals surface area contributed by atoms with Gasteiger partial charge in [0.25, 0.3) is 5.91 Å². The molecule has 1 N–H and O–H groups in total. The normalized spacial score (nSPS) is 10.9. The lowest BCUT2D eigenvalue weighted by Gasteiger charge is -2.07. The molecular weight excluding hydrogens is 402 g/mol. The van der Waals surface area contributed by atoms with Crippen LogP contribution in [0.5, 0.6) is 0 Å². The molecule has 0 aliphatic carbocycles. The minimum atomic E-state index is -0.504. The van der Waals surface area contributed by atoms with Crippen molar-refractivity contribution in [1.82, 2.24) is 19.8 Å². The van der Waals surface area contributed by atoms with Crippen LogP contribution in [0.3, 0.4) is 0 Å². The SMILES string of the molecule is O=C(Nc1ccc(-c2ccc3nnc(-c4cccs4)n3n2)cc1)c1ccc(=O)oc1. The summed E-state index contributed by atoms with van der Waals surface area (Å²) in [6, 6.07) is 17.6. The summed E-state index contributed by atoms with van der Waals surface area (Å²) >= 11 is 1.58. The van der Waals surface area contributed by atoms with Gasteiger partial charge in [-0.1, -0.05) is 18.2 Å². The monoisotopic (exact) mass is 415 g/mol. The van der Waals surface area contributed by atoms with Crippen LogP contribution in [-0.2, 0) is 0 Å². The van der Waals surface area contributed by atoms with Crippen LogP contribution in [-0.4, -0.2) is 25.7 Å². The van der Waals surface area contributed by atoms with Crippen molar-refractivity contribution in [2.24, 2.45) is 0 Å². The number of amides is 1. The molecular formula is C21H13N5O3S. The lowest BCUT2D eigenvalue weighted by molar-refractivity contribution is 0.102. The molecule has 9 heteroatoms. The lowest BCUT2D eigenvalue weighted by Crippen LogP contribution is -2.12. The van der Waals surface area contributed by atoms with Gasteiger partial charge in [-0.05, 0) is 41.8 Å². The van der Waals surface area contributed by atoms with Crippen molar-refractivity contribution in [3.63, 3.8) is 0 Å². The molecule has 0 saturated carbocycles. The fourth-order valence-corrected chi connectivity index (χ4v) is 3.61. The van der Waals surface area contributed by atoms with Gasteiger partial charge in [0.1, 0.15) is 6.26 Å². The summed E-state index contributed by atoms with van der Waals surface area (Å²) in [5.74, 6) is 0.330. The second-order valence-corrected chi connectivity index (χ2v) is 7.31. The Hall–Kier alpha value is -4.11. The average molecular weight is 415 g/mol. The van der Waals surface area contributed by atoms with E-state index in [1.165, 1.54) is 12.1 Å². The van der Waals surface area contributed by atoms with Crippen LogP contribution < -0.4 is 10.9 Å². The van der Waals surface area contributed by atoms with E-state index in [2.05, 4.69) is 20.6 Å². The first-order chi connectivity index (χ1) is 14.7. The number of carbonyl (C=O) groups excluding carboxylic acids is 1. The smallest absolute Gasteiger partial charge is 0.335 e. The van der Waals surface area contributed by atoms with Crippen molar-refractivity contribution in [1.29, 1.82) is 0 Å². The summed E-state index contributed by atoms with van der Waals surface area (Å²) in [4.78, 5) is 24.2. The second kappa shape index (κ2) is 7.37. The molecule has 5 rings (SSSR count). The first-order valence-corrected chi connectivity index (χ1v) is 9.82. The van der Waals surface area contributed by atoms with E-state index in [9.17, 15) is 9.59 Å². The molecule has 8 nitrogen and oxygen atoms in total. The predicted molar refractivity (Wildman–Crippen MR) is 112 cm³/mol. The number of carbonyl (C=O) groups is 1. The van der Waals surface area contributed by atoms with E-state index in [0.29, 0.717) is 17.2 Å². The van der Waals surface area contributed by atoms with Gasteiger partial charge in [0.05, 0.1) is 16.1 Å². The molecule has 0 bridgehead atoms. The van der Waals surface area contributed by atoms with Crippen LogP contribution in [0.25, 0.3) is 27.6 Å². The van der Waals surface area contributed by atoms with E-state index < -0.39 is 5.63 Å². The van der Waals surface area contributed by atoms with Gasteiger partial charge >= 0.3 is 5.63 Å². The Morgan fingerprint density at radius 3 is 2.60 bits per heavy atom. The zero-order chi connectivity index (χ0) is 20.5. The summed E-state index contributed by atoms with van der Waals surface area (Å²) in [6.07, 6.45) is 1.13. The zero-order valence-corrected chi connectivity index (χ0v) is 16.2. The highest BCUT2D eigenvalue weighted by Crippen LogP contribution is 2.25. The fraction of sp³-hybridized carbons (Fsp3) is 0. The zero-order valence-electron chi connectivity index (χ0n) is 15.4. The van der Waals surface area contributed by atoms with Crippen molar-refractivity contribution in [2.45, 2.75) is 0 Å². The van der Waals surface area contributed by atoms with E-state index in [4.69, 9.17) is 4.42 Å². The van der Waals surface area contributed by atoms with Gasteiger partial charge in [-0.2, -0.15) is 9.61 Å². The Kier molecular flexibility index (Phi) is 4.41. The van der Waals surface area contributed by atoms with Gasteiger partial charge in [-0.3, -0.25) is 4.79 Å². The molecule has 4 aromatic heterocycles. The number of fused-ring (bicyclic) bond motifs is 1. The molecule has 5 aromatic rings. The number of rotatable bonds is 4. The molecule has 0 saturated heterocycles. The highest BCUT2D eigenvalue weighted by molar-refractivity contribution is 7.13. The van der Waals surface area contributed by atoms with E-state index >= 15 is 0 Å². The Morgan fingerprint density at radius 1 is 1.00 bits per heavy atom. The van der Waals surface area contributed by atoms with E-state index in [1.807, 2.05) is 41.8 Å². The van der Waals surface area contributed by atoms with Crippen LogP contribution >= 0.6 is 11.3 Å². The molecule has 4 heterocycles. The molecule has 0 atom stereocenters. The van der Waals surface area contributed by atoms with Crippen LogP contribution in [0.2, 0.25) is 0 Å². The van der Waals surface area contributed by atoms with Crippen LogP contribution in [0.4, 0.5) is 5.69 Å². The van der Waals surface area contributed by atoms with E-state index in [1.54, 1.807) is 28.0 Å². The third-order valence-corrected chi connectivity index (χ3v) is 5.27. The average Bonchev–Trinajstić information content (AvgIpc) is 3.44. The van der Waals surface area contributed by atoms with Crippen LogP contribution in [0, 0.1) is 0 Å². The third-order valence-electron chi connectivity index (χ3n) is 4.41. The van der Waals surface area contributed by atoms with Crippen LogP contribution in [0.15, 0.2) is 81.5 Å². The third kappa shape index (κ3) is 3.38. The largest absolute Gasteiger partial charge is 0.430 e. The standard InChI is InChI=1S/C21H13N5O3S/c27-19-10-5-14(12-29-19)21(28)22-15-6-3-13(4-7-15)16-8-9-18-23-24-20(26(18)25-16)17-2-1-11-30-17/h1-12H,(H,22,28). The molecule has 30 heavy (non-hydrogen) atoms. The van der Waals surface area contributed by atoms with Crippen molar-refractivity contribution in [3.05, 3.63) is 88.3 Å². The highest BCUT2D eigenvalue weighted by atomic mass is 32.1. The summed E-state index contributed by atoms with van der Waals surface area (Å²) in [7, 11) is 0. The van der Waals surface area contributed by atoms with Crippen molar-refractivity contribution in [3.8, 4) is 22.0 Å². The van der Waals surface area contributed by atoms with Gasteiger partial charge in [-0.25, -0.2) is 4.79 Å². The summed E-state index contributed by atoms with van der Waals surface area (Å²) < 4.78 is 6.44. The number of hydrogen-bond donors (Lipinski definition) is 1. The maximum absolute atomic E-state index is 12.2. The van der Waals surface area contributed by atoms with Gasteiger partial charge in [0.15, 0.2) is 11.5 Å². The second-order valence-electron chi connectivity index (χ2n) is 6.36. The first kappa shape index (κ1) is 18.0. The fourth-order valence-electron chi connectivity index (χ4n) is 2.92. The van der Waals surface area contributed by atoms with E-state index in [-0.39, 0.29) is 11.5 Å². The number of nitrogens with zero attached hydrogens (tertiary/aromatic N) is 4. The Bertz CT molecular complexity index is 1380. The van der Waals surface area contributed by atoms with Gasteiger partial charge < -0.3 is 9.73 Å². The number of thiophene rings is 1. The van der Waals surface area contributed by atoms with Crippen LogP contribution in [0.1, 0.15) is 10.4 Å². The number of hydrogen-bond acceptors (Lipinski definition) is 7. The molecule has 0 aliphatic rings. The molecule has 0 aliphatic heterocycles. The minimum absolute atomic E-state index is 0.263. The summed E-state index contributed by atoms with van der Waals surface area (Å²) in [6.45, 7) is 0. The van der Waals surface area contributed by atoms with Gasteiger partial charge in [0, 0.05) is 17.3 Å². The van der Waals surface area contributed by atoms with Crippen molar-refractivity contribution < 1.29 is 9.21 Å². The van der Waals surface area contributed by atoms with E-state index in [0.717, 1.165) is 22.4 Å². The summed E-state index contributed by atoms with van der Waals surface area (Å²) in [5, 5.41) is 17.8. The molecule has 0 radical (unpaired) electrons. The summed E-state index contributed by atoms with van der Waals surface area (Å²) in [5.41, 5.74) is 2.67. The molecule has 1 amide bonds. The Balaban J connectivity index is 1.40. The number of aromatic nitrogens is 4. The van der Waals surface area contributed by atoms with Gasteiger partial charge in [0.2, 0.25) is 0 Å². The topological polar surface area (TPSA) is 102 Å². The molecule has 0 unspecified atom stereocenters. The molecule has 1 aromatic carbocycles. The molecule has 0 fully saturated rings. The molecule has 146 valence electrons. The van der Waals surface area contributed by atoms with Crippen molar-refractivity contribution >= 4 is 28.6 Å². The van der Waals surface area contributed by atoms with Gasteiger partial charge in [-0.15, -0.1) is 21.5 Å². The predicted octanol–water partition coefficient (Wildman–Crippen LogP) is 3.73. The number of nitrogens with one attached hydrogen (secondary N) is 1.